The predicted octanol–water partition coefficient (Wildman–Crippen LogP) is 4.18. The molecule has 43 heavy (non-hydrogen) atoms. The highest BCUT2D eigenvalue weighted by Gasteiger charge is 2.60. The van der Waals surface area contributed by atoms with Crippen LogP contribution in [0.5, 0.6) is 0 Å². The first-order valence-corrected chi connectivity index (χ1v) is 13.1. The van der Waals surface area contributed by atoms with Crippen molar-refractivity contribution in [2.75, 3.05) is 48.9 Å². The average Bonchev–Trinajstić information content (AvgIpc) is 2.97. The van der Waals surface area contributed by atoms with E-state index in [2.05, 4.69) is 5.32 Å². The van der Waals surface area contributed by atoms with Gasteiger partial charge < -0.3 is 19.9 Å². The van der Waals surface area contributed by atoms with Crippen LogP contribution < -0.4 is 15.1 Å². The monoisotopic (exact) mass is 595 g/mol. The summed E-state index contributed by atoms with van der Waals surface area (Å²) in [5.41, 5.74) is -0.899. The fraction of sp³-hybridized carbons (Fsp3) is 0.267. The van der Waals surface area contributed by atoms with Crippen molar-refractivity contribution in [2.24, 2.45) is 0 Å². The number of hydrogen-bond acceptors (Lipinski definition) is 7. The van der Waals surface area contributed by atoms with Gasteiger partial charge in [-0.25, -0.2) is 9.18 Å². The van der Waals surface area contributed by atoms with Gasteiger partial charge in [-0.05, 0) is 48.0 Å². The number of alkyl halides is 3. The molecule has 5 rings (SSSR count). The molecule has 3 aromatic rings. The zero-order chi connectivity index (χ0) is 31.1. The number of para-hydroxylation sites is 1. The Labute approximate surface area is 243 Å². The van der Waals surface area contributed by atoms with Crippen molar-refractivity contribution in [1.29, 1.82) is 5.26 Å². The van der Waals surface area contributed by atoms with Crippen molar-refractivity contribution < 1.29 is 36.7 Å². The number of nitrogens with zero attached hydrogens (tertiary/aromatic N) is 4. The van der Waals surface area contributed by atoms with Crippen LogP contribution in [0.3, 0.4) is 0 Å². The highest BCUT2D eigenvalue weighted by atomic mass is 19.4. The second kappa shape index (κ2) is 10.9. The molecule has 0 atom stereocenters. The first kappa shape index (κ1) is 29.4. The molecular formula is C30H25F4N5O4. The Morgan fingerprint density at radius 2 is 1.77 bits per heavy atom. The van der Waals surface area contributed by atoms with E-state index in [0.717, 1.165) is 23.1 Å². The molecule has 2 aliphatic rings. The predicted molar refractivity (Wildman–Crippen MR) is 148 cm³/mol. The van der Waals surface area contributed by atoms with E-state index in [9.17, 15) is 27.6 Å². The SMILES string of the molecule is CNc1c(C(=O)OC)cccc1N1CC2(C1)C(=O)N(c1ccc(C#N)cc1F)CC(=O)N2Cc1ccc(C(F)(F)F)cc1. The summed E-state index contributed by atoms with van der Waals surface area (Å²) < 4.78 is 59.3. The lowest BCUT2D eigenvalue weighted by molar-refractivity contribution is -0.153. The summed E-state index contributed by atoms with van der Waals surface area (Å²) >= 11 is 0. The van der Waals surface area contributed by atoms with Crippen molar-refractivity contribution >= 4 is 34.8 Å². The molecule has 2 aliphatic heterocycles. The summed E-state index contributed by atoms with van der Waals surface area (Å²) in [5.74, 6) is -2.57. The number of piperazine rings is 1. The first-order valence-electron chi connectivity index (χ1n) is 13.1. The van der Waals surface area contributed by atoms with E-state index < -0.39 is 47.4 Å². The molecule has 13 heteroatoms. The van der Waals surface area contributed by atoms with Crippen LogP contribution in [-0.2, 0) is 27.0 Å². The van der Waals surface area contributed by atoms with Crippen molar-refractivity contribution in [3.05, 3.63) is 88.7 Å². The normalized spacial score (nSPS) is 16.2. The van der Waals surface area contributed by atoms with Crippen LogP contribution in [0.1, 0.15) is 27.0 Å². The zero-order valence-electron chi connectivity index (χ0n) is 23.0. The number of nitriles is 1. The molecule has 0 unspecified atom stereocenters. The Bertz CT molecular complexity index is 1650. The summed E-state index contributed by atoms with van der Waals surface area (Å²) in [6, 6.07) is 14.6. The van der Waals surface area contributed by atoms with Gasteiger partial charge in [0.25, 0.3) is 5.91 Å². The number of anilines is 3. The second-order valence-corrected chi connectivity index (χ2v) is 10.2. The van der Waals surface area contributed by atoms with Crippen LogP contribution in [0.4, 0.5) is 34.6 Å². The minimum Gasteiger partial charge on any atom is -0.465 e. The van der Waals surface area contributed by atoms with Gasteiger partial charge in [0.05, 0.1) is 60.0 Å². The number of nitrogens with one attached hydrogen (secondary N) is 1. The molecule has 222 valence electrons. The highest BCUT2D eigenvalue weighted by Crippen LogP contribution is 2.42. The topological polar surface area (TPSA) is 106 Å². The van der Waals surface area contributed by atoms with E-state index in [0.29, 0.717) is 16.9 Å². The van der Waals surface area contributed by atoms with Crippen LogP contribution in [0, 0.1) is 17.1 Å². The largest absolute Gasteiger partial charge is 0.465 e. The Kier molecular flexibility index (Phi) is 7.47. The maximum atomic E-state index is 15.0. The molecule has 1 spiro atoms. The minimum atomic E-state index is -4.54. The Hall–Kier alpha value is -5.12. The number of esters is 1. The van der Waals surface area contributed by atoms with E-state index in [4.69, 9.17) is 10.00 Å². The van der Waals surface area contributed by atoms with Crippen molar-refractivity contribution in [2.45, 2.75) is 18.3 Å². The fourth-order valence-electron chi connectivity index (χ4n) is 5.52. The van der Waals surface area contributed by atoms with Gasteiger partial charge in [-0.2, -0.15) is 18.4 Å². The van der Waals surface area contributed by atoms with Gasteiger partial charge in [-0.15, -0.1) is 0 Å². The summed E-state index contributed by atoms with van der Waals surface area (Å²) in [7, 11) is 2.86. The van der Waals surface area contributed by atoms with Gasteiger partial charge in [-0.1, -0.05) is 18.2 Å². The van der Waals surface area contributed by atoms with E-state index in [1.165, 1.54) is 36.3 Å². The Balaban J connectivity index is 1.53. The number of hydrogen-bond donors (Lipinski definition) is 1. The minimum absolute atomic E-state index is 0.0376. The lowest BCUT2D eigenvalue weighted by Gasteiger charge is -2.59. The number of amides is 2. The molecule has 2 saturated heterocycles. The van der Waals surface area contributed by atoms with Crippen molar-refractivity contribution in [3.8, 4) is 6.07 Å². The van der Waals surface area contributed by atoms with Gasteiger partial charge in [-0.3, -0.25) is 14.5 Å². The first-order chi connectivity index (χ1) is 20.4. The lowest BCUT2D eigenvalue weighted by Crippen LogP contribution is -2.81. The molecule has 0 bridgehead atoms. The third-order valence-electron chi connectivity index (χ3n) is 7.69. The smallest absolute Gasteiger partial charge is 0.416 e. The number of rotatable bonds is 6. The quantitative estimate of drug-likeness (QED) is 0.337. The number of carbonyl (C=O) groups excluding carboxylic acids is 3. The summed E-state index contributed by atoms with van der Waals surface area (Å²) in [5, 5.41) is 12.1. The number of ether oxygens (including phenoxy) is 1. The number of halogens is 4. The van der Waals surface area contributed by atoms with Gasteiger partial charge in [0.15, 0.2) is 5.54 Å². The van der Waals surface area contributed by atoms with E-state index in [-0.39, 0.29) is 36.4 Å². The highest BCUT2D eigenvalue weighted by molar-refractivity contribution is 6.11. The van der Waals surface area contributed by atoms with Gasteiger partial charge in [0, 0.05) is 13.6 Å². The van der Waals surface area contributed by atoms with E-state index in [1.54, 1.807) is 30.1 Å². The maximum Gasteiger partial charge on any atom is 0.416 e. The Morgan fingerprint density at radius 3 is 2.35 bits per heavy atom. The molecule has 0 saturated carbocycles. The van der Waals surface area contributed by atoms with E-state index >= 15 is 4.39 Å². The summed E-state index contributed by atoms with van der Waals surface area (Å²) in [4.78, 5) is 44.3. The van der Waals surface area contributed by atoms with Gasteiger partial charge in [0.2, 0.25) is 5.91 Å². The van der Waals surface area contributed by atoms with E-state index in [1.807, 2.05) is 6.07 Å². The van der Waals surface area contributed by atoms with Gasteiger partial charge >= 0.3 is 12.1 Å². The molecule has 2 amide bonds. The third-order valence-corrected chi connectivity index (χ3v) is 7.69. The van der Waals surface area contributed by atoms with Crippen LogP contribution in [0.25, 0.3) is 0 Å². The number of benzene rings is 3. The molecule has 3 aromatic carbocycles. The zero-order valence-corrected chi connectivity index (χ0v) is 23.0. The third kappa shape index (κ3) is 5.09. The second-order valence-electron chi connectivity index (χ2n) is 10.2. The van der Waals surface area contributed by atoms with Crippen LogP contribution in [-0.4, -0.2) is 62.0 Å². The molecule has 0 radical (unpaired) electrons. The molecule has 2 heterocycles. The fourth-order valence-corrected chi connectivity index (χ4v) is 5.52. The summed E-state index contributed by atoms with van der Waals surface area (Å²) in [6.07, 6.45) is -4.54. The van der Waals surface area contributed by atoms with Crippen molar-refractivity contribution in [3.63, 3.8) is 0 Å². The molecule has 0 aromatic heterocycles. The molecule has 1 N–H and O–H groups in total. The van der Waals surface area contributed by atoms with Crippen LogP contribution >= 0.6 is 0 Å². The molecule has 0 aliphatic carbocycles. The number of carbonyl (C=O) groups is 3. The van der Waals surface area contributed by atoms with Crippen LogP contribution in [0.15, 0.2) is 60.7 Å². The van der Waals surface area contributed by atoms with Gasteiger partial charge in [0.1, 0.15) is 12.4 Å². The lowest BCUT2D eigenvalue weighted by atomic mass is 9.82. The standard InChI is InChI=1S/C30H25F4N5O4/c1-36-26-21(27(41)43-2)4-3-5-24(26)37-16-29(17-37)28(42)38(23-11-8-19(13-35)12-22(23)31)15-25(40)39(29)14-18-6-9-20(10-7-18)30(32,33)34/h3-12,36H,14-17H2,1-2H3. The average molecular weight is 596 g/mol. The molecule has 9 nitrogen and oxygen atoms in total. The maximum absolute atomic E-state index is 15.0. The summed E-state index contributed by atoms with van der Waals surface area (Å²) in [6.45, 7) is -0.775. The van der Waals surface area contributed by atoms with Crippen molar-refractivity contribution in [1.82, 2.24) is 4.90 Å². The Morgan fingerprint density at radius 1 is 1.07 bits per heavy atom. The van der Waals surface area contributed by atoms with Crippen LogP contribution in [0.2, 0.25) is 0 Å². The molecular weight excluding hydrogens is 570 g/mol. The number of methoxy groups -OCH3 is 1. The molecule has 2 fully saturated rings.